The molecule has 3 radical (unpaired) electrons. The molecule has 3 heterocycles. The van der Waals surface area contributed by atoms with Crippen molar-refractivity contribution in [1.82, 2.24) is 15.1 Å². The predicted molar refractivity (Wildman–Crippen MR) is 230 cm³/mol. The molecule has 0 saturated carbocycles. The van der Waals surface area contributed by atoms with Crippen LogP contribution in [0.25, 0.3) is 0 Å². The van der Waals surface area contributed by atoms with Crippen molar-refractivity contribution in [2.45, 2.75) is 92.8 Å². The number of hydrogen-bond acceptors (Lipinski definition) is 15. The Morgan fingerprint density at radius 3 is 1.14 bits per heavy atom. The van der Waals surface area contributed by atoms with Crippen molar-refractivity contribution in [3.8, 4) is 0 Å². The summed E-state index contributed by atoms with van der Waals surface area (Å²) in [5.74, 6) is -3.95. The minimum absolute atomic E-state index is 0. The average Bonchev–Trinajstić information content (AvgIpc) is 3.68. The molecule has 0 bridgehead atoms. The Labute approximate surface area is 482 Å². The minimum Gasteiger partial charge on any atom is -0.481 e. The Kier molecular flexibility index (Phi) is 51.6. The number of rotatable bonds is 17. The maximum Gasteiger partial charge on any atom is 0.308 e. The molecule has 0 unspecified atom stereocenters. The summed E-state index contributed by atoms with van der Waals surface area (Å²) >= 11 is 19.1. The van der Waals surface area contributed by atoms with Gasteiger partial charge >= 0.3 is 17.9 Å². The molecule has 0 spiro atoms. The number of carbonyl (C=O) groups is 9. The van der Waals surface area contributed by atoms with Crippen LogP contribution in [0.15, 0.2) is 16.7 Å². The first-order chi connectivity index (χ1) is 29.2. The molecule has 3 rings (SSSR count). The predicted octanol–water partition coefficient (Wildman–Crippen LogP) is 3.40. The number of ether oxygens (including phenoxy) is 5. The molecule has 3 aliphatic rings. The number of carboxylic acids is 1. The number of halogens is 4. The van der Waals surface area contributed by atoms with E-state index in [0.29, 0.717) is 17.8 Å². The van der Waals surface area contributed by atoms with Gasteiger partial charge in [-0.15, -0.1) is 46.4 Å². The van der Waals surface area contributed by atoms with E-state index in [1.807, 2.05) is 26.1 Å². The maximum absolute atomic E-state index is 11.5. The molecule has 0 aromatic carbocycles. The van der Waals surface area contributed by atoms with Crippen LogP contribution < -0.4 is 5.32 Å². The summed E-state index contributed by atoms with van der Waals surface area (Å²) in [6.45, 7) is 16.9. The van der Waals surface area contributed by atoms with Crippen LogP contribution in [-0.2, 0) is 165 Å². The van der Waals surface area contributed by atoms with Gasteiger partial charge < -0.3 is 63.4 Å². The van der Waals surface area contributed by atoms with Crippen LogP contribution in [0.2, 0.25) is 0 Å². The van der Waals surface area contributed by atoms with Crippen LogP contribution in [0.1, 0.15) is 81.6 Å². The van der Waals surface area contributed by atoms with E-state index in [4.69, 9.17) is 80.3 Å². The Bertz CT molecular complexity index is 1620. The van der Waals surface area contributed by atoms with Crippen molar-refractivity contribution < 1.29 is 175 Å². The van der Waals surface area contributed by atoms with Gasteiger partial charge in [0.25, 0.3) is 0 Å². The zero-order valence-corrected chi connectivity index (χ0v) is 50.2. The molecule has 0 aromatic heterocycles. The first-order valence-electron chi connectivity index (χ1n) is 18.8. The molecular formula is C40H58Cl4N3O16Y3-3. The molecule has 0 aromatic rings. The number of nitrogens with zero attached hydrogens (tertiary/aromatic N) is 2. The standard InChI is InChI=1S/C14H20NO5.C10H12NO5.C9H18O4.C5H4NO2.2CH2Cl2.3Y/c1-10-9-11(16)15(13(10)18)6-8-19-7-5-12(17)20-14(2,3)4;1-7-6-8(12)11(10(7)15)3-5-16-4-2-9(13)14;1-9(2,3)13-8(11)4-6-12-7-5-10;1-3-2-4(7)6-5(3)8;2*2-1-3;;;/h5-8H2,1-4H3;2-5H2,1H3,(H,13,14);10H,4-7H2,1-3H3;1H3,(H,6,7,8);2*1H2;;;/q2*-1;;-1;;;;;. The monoisotopic (exact) mass is 1240 g/mol. The number of aliphatic carboxylic acids is 1. The third kappa shape index (κ3) is 43.4. The van der Waals surface area contributed by atoms with E-state index in [0.717, 1.165) is 9.80 Å². The Hall–Kier alpha value is -0.638. The van der Waals surface area contributed by atoms with Crippen LogP contribution in [0, 0.1) is 18.2 Å². The summed E-state index contributed by atoms with van der Waals surface area (Å²) < 4.78 is 25.3. The number of aliphatic hydroxyl groups is 1. The fourth-order valence-electron chi connectivity index (χ4n) is 3.95. The van der Waals surface area contributed by atoms with Crippen LogP contribution >= 0.6 is 46.4 Å². The topological polar surface area (TPSA) is 259 Å². The summed E-state index contributed by atoms with van der Waals surface area (Å²) in [6, 6.07) is 0. The normalized spacial score (nSPS) is 13.5. The molecule has 19 nitrogen and oxygen atoms in total. The van der Waals surface area contributed by atoms with E-state index >= 15 is 0 Å². The SMILES string of the molecule is CC(C)(C)OC(=O)CCOCCO.CC1=[C-]C(=O)N(CCOCCC(=O)O)C1=O.CC1=[C-]C(=O)N(CCOCCC(=O)OC(C)(C)C)C1=O.CC1=[C-]C(=O)NC1=O.ClCCl.ClCCl.[Y].[Y].[Y]. The quantitative estimate of drug-likeness (QED) is 0.0620. The molecule has 66 heavy (non-hydrogen) atoms. The van der Waals surface area contributed by atoms with Crippen LogP contribution in [0.5, 0.6) is 0 Å². The molecular weight excluding hydrogens is 1190 g/mol. The van der Waals surface area contributed by atoms with Gasteiger partial charge in [0.05, 0.1) is 93.9 Å². The molecule has 3 N–H and O–H groups in total. The number of imide groups is 3. The van der Waals surface area contributed by atoms with Gasteiger partial charge in [0, 0.05) is 111 Å². The van der Waals surface area contributed by atoms with E-state index in [9.17, 15) is 43.2 Å². The zero-order chi connectivity index (χ0) is 49.3. The van der Waals surface area contributed by atoms with Crippen molar-refractivity contribution in [1.29, 1.82) is 0 Å². The maximum atomic E-state index is 11.5. The van der Waals surface area contributed by atoms with Gasteiger partial charge in [-0.05, 0) is 41.5 Å². The van der Waals surface area contributed by atoms with Crippen molar-refractivity contribution in [2.75, 3.05) is 70.0 Å². The van der Waals surface area contributed by atoms with Gasteiger partial charge in [-0.1, -0.05) is 20.8 Å². The van der Waals surface area contributed by atoms with E-state index in [2.05, 4.69) is 18.2 Å². The zero-order valence-electron chi connectivity index (χ0n) is 38.6. The van der Waals surface area contributed by atoms with Crippen molar-refractivity contribution in [3.05, 3.63) is 34.9 Å². The van der Waals surface area contributed by atoms with Gasteiger partial charge in [-0.25, -0.2) is 0 Å². The molecule has 26 heteroatoms. The second-order valence-electron chi connectivity index (χ2n) is 14.1. The Morgan fingerprint density at radius 1 is 0.576 bits per heavy atom. The van der Waals surface area contributed by atoms with Gasteiger partial charge in [0.15, 0.2) is 0 Å². The molecule has 0 fully saturated rings. The second-order valence-corrected chi connectivity index (χ2v) is 15.8. The summed E-state index contributed by atoms with van der Waals surface area (Å²) in [6.07, 6.45) is 7.37. The fourth-order valence-corrected chi connectivity index (χ4v) is 3.95. The molecule has 0 aliphatic carbocycles. The first kappa shape index (κ1) is 76.8. The third-order valence-electron chi connectivity index (χ3n) is 6.44. The summed E-state index contributed by atoms with van der Waals surface area (Å²) in [4.78, 5) is 101. The fraction of sp³-hybridized carbons (Fsp3) is 0.625. The number of esters is 2. The van der Waals surface area contributed by atoms with Gasteiger partial charge in [-0.3, -0.25) is 28.8 Å². The molecule has 369 valence electrons. The molecule has 6 amide bonds. The Morgan fingerprint density at radius 2 is 0.909 bits per heavy atom. The van der Waals surface area contributed by atoms with Crippen LogP contribution in [0.4, 0.5) is 0 Å². The summed E-state index contributed by atoms with van der Waals surface area (Å²) in [5, 5.41) is 19.1. The van der Waals surface area contributed by atoms with Gasteiger partial charge in [0.1, 0.15) is 28.9 Å². The smallest absolute Gasteiger partial charge is 0.308 e. The largest absolute Gasteiger partial charge is 0.481 e. The number of aliphatic hydroxyl groups excluding tert-OH is 1. The van der Waals surface area contributed by atoms with Gasteiger partial charge in [-0.2, -0.15) is 34.9 Å². The number of carboxylic acid groups (broad SMARTS) is 1. The summed E-state index contributed by atoms with van der Waals surface area (Å²) in [5.41, 5.74) is 0.00718. The average molecular weight is 1250 g/mol. The number of alkyl halides is 4. The Balaban J connectivity index is -0.000000177. The van der Waals surface area contributed by atoms with Crippen molar-refractivity contribution in [2.24, 2.45) is 0 Å². The number of nitrogens with one attached hydrogen (secondary N) is 1. The number of amides is 6. The first-order valence-corrected chi connectivity index (χ1v) is 21.0. The van der Waals surface area contributed by atoms with Crippen molar-refractivity contribution >= 4 is 99.8 Å². The van der Waals surface area contributed by atoms with Gasteiger partial charge in [0.2, 0.25) is 0 Å². The van der Waals surface area contributed by atoms with E-state index in [1.54, 1.807) is 34.6 Å². The number of carbonyl (C=O) groups excluding carboxylic acids is 8. The third-order valence-corrected chi connectivity index (χ3v) is 6.44. The van der Waals surface area contributed by atoms with Crippen LogP contribution in [0.3, 0.4) is 0 Å². The van der Waals surface area contributed by atoms with E-state index in [1.165, 1.54) is 6.92 Å². The second kappa shape index (κ2) is 44.3. The van der Waals surface area contributed by atoms with E-state index in [-0.39, 0.29) is 216 Å². The molecule has 0 atom stereocenters. The summed E-state index contributed by atoms with van der Waals surface area (Å²) in [7, 11) is 0. The minimum atomic E-state index is -0.945. The van der Waals surface area contributed by atoms with Crippen LogP contribution in [-0.4, -0.2) is 155 Å². The molecule has 0 saturated heterocycles. The number of hydrogen-bond donors (Lipinski definition) is 3. The van der Waals surface area contributed by atoms with Crippen molar-refractivity contribution in [3.63, 3.8) is 0 Å². The van der Waals surface area contributed by atoms with E-state index < -0.39 is 34.9 Å². The molecule has 3 aliphatic heterocycles.